The average Bonchev–Trinajstić information content (AvgIpc) is 3.15. The van der Waals surface area contributed by atoms with Gasteiger partial charge in [0.25, 0.3) is 0 Å². The highest BCUT2D eigenvalue weighted by atomic mass is 19.4. The Bertz CT molecular complexity index is 999. The Morgan fingerprint density at radius 1 is 1.33 bits per heavy atom. The third-order valence-electron chi connectivity index (χ3n) is 5.25. The van der Waals surface area contributed by atoms with Gasteiger partial charge in [-0.15, -0.1) is 13.2 Å². The monoisotopic (exact) mass is 377 g/mol. The summed E-state index contributed by atoms with van der Waals surface area (Å²) in [5, 5.41) is 4.71. The number of aromatic amines is 1. The lowest BCUT2D eigenvalue weighted by atomic mass is 9.62. The van der Waals surface area contributed by atoms with E-state index in [1.54, 1.807) is 16.9 Å². The summed E-state index contributed by atoms with van der Waals surface area (Å²) < 4.78 is 42.8. The van der Waals surface area contributed by atoms with Gasteiger partial charge in [-0.25, -0.2) is 0 Å². The number of Topliss-reactive ketones (excluding diaryl/α,β-unsaturated/α-hetero) is 1. The third-order valence-corrected chi connectivity index (χ3v) is 5.25. The number of carbonyl (C=O) groups is 1. The van der Waals surface area contributed by atoms with Crippen LogP contribution >= 0.6 is 0 Å². The van der Waals surface area contributed by atoms with Gasteiger partial charge in [-0.3, -0.25) is 9.48 Å². The van der Waals surface area contributed by atoms with Gasteiger partial charge in [0.15, 0.2) is 5.78 Å². The predicted octanol–water partition coefficient (Wildman–Crippen LogP) is 4.49. The van der Waals surface area contributed by atoms with Crippen LogP contribution in [0.15, 0.2) is 36.7 Å². The molecule has 3 aromatic rings. The molecule has 0 saturated heterocycles. The molecule has 1 aliphatic carbocycles. The average molecular weight is 377 g/mol. The lowest BCUT2D eigenvalue weighted by molar-refractivity contribution is -0.274. The highest BCUT2D eigenvalue weighted by molar-refractivity contribution is 6.00. The van der Waals surface area contributed by atoms with Crippen LogP contribution in [0.5, 0.6) is 5.75 Å². The van der Waals surface area contributed by atoms with Gasteiger partial charge in [-0.05, 0) is 42.7 Å². The van der Waals surface area contributed by atoms with Crippen LogP contribution in [0.3, 0.4) is 0 Å². The molecule has 27 heavy (non-hydrogen) atoms. The zero-order valence-electron chi connectivity index (χ0n) is 14.6. The minimum atomic E-state index is -4.75. The molecule has 0 radical (unpaired) electrons. The molecule has 142 valence electrons. The highest BCUT2D eigenvalue weighted by Gasteiger charge is 2.41. The van der Waals surface area contributed by atoms with Crippen LogP contribution in [0, 0.1) is 0 Å². The molecular formula is C19H18F3N3O2. The molecule has 8 heteroatoms. The molecule has 0 amide bonds. The lowest BCUT2D eigenvalue weighted by Gasteiger charge is -2.40. The van der Waals surface area contributed by atoms with E-state index < -0.39 is 6.36 Å². The van der Waals surface area contributed by atoms with Crippen LogP contribution in [0.1, 0.15) is 41.7 Å². The Hall–Kier alpha value is -2.77. The van der Waals surface area contributed by atoms with Crippen molar-refractivity contribution < 1.29 is 22.7 Å². The van der Waals surface area contributed by atoms with Crippen LogP contribution in [0.25, 0.3) is 10.9 Å². The number of benzene rings is 1. The van der Waals surface area contributed by atoms with Crippen molar-refractivity contribution in [1.82, 2.24) is 14.8 Å². The normalized spacial score (nSPS) is 16.3. The second kappa shape index (κ2) is 6.14. The number of halogens is 3. The Morgan fingerprint density at radius 2 is 2.11 bits per heavy atom. The number of hydrogen-bond acceptors (Lipinski definition) is 3. The Kier molecular flexibility index (Phi) is 4.01. The standard InChI is InChI=1S/C19H18F3N3O2/c1-25-11-13(10-23-25)18(5-2-6-18)9-17(26)16-8-12-7-14(27-19(20,21)22)3-4-15(12)24-16/h3-4,7-8,10-11,24H,2,5-6,9H2,1H3. The van der Waals surface area contributed by atoms with E-state index in [1.807, 2.05) is 13.2 Å². The van der Waals surface area contributed by atoms with Crippen molar-refractivity contribution in [3.8, 4) is 5.75 Å². The molecule has 2 heterocycles. The van der Waals surface area contributed by atoms with Gasteiger partial charge in [0.2, 0.25) is 0 Å². The number of carbonyl (C=O) groups excluding carboxylic acids is 1. The molecule has 0 bridgehead atoms. The number of aromatic nitrogens is 3. The second-order valence-electron chi connectivity index (χ2n) is 7.12. The van der Waals surface area contributed by atoms with Crippen LogP contribution in [0.2, 0.25) is 0 Å². The van der Waals surface area contributed by atoms with E-state index in [1.165, 1.54) is 18.2 Å². The van der Waals surface area contributed by atoms with E-state index in [9.17, 15) is 18.0 Å². The van der Waals surface area contributed by atoms with Gasteiger partial charge in [-0.1, -0.05) is 6.42 Å². The van der Waals surface area contributed by atoms with E-state index in [4.69, 9.17) is 0 Å². The number of fused-ring (bicyclic) bond motifs is 1. The van der Waals surface area contributed by atoms with Crippen molar-refractivity contribution in [2.75, 3.05) is 0 Å². The first-order valence-corrected chi connectivity index (χ1v) is 8.65. The van der Waals surface area contributed by atoms with Crippen molar-refractivity contribution in [1.29, 1.82) is 0 Å². The Labute approximate surface area is 153 Å². The summed E-state index contributed by atoms with van der Waals surface area (Å²) in [6, 6.07) is 5.56. The molecular weight excluding hydrogens is 359 g/mol. The molecule has 0 atom stereocenters. The van der Waals surface area contributed by atoms with Gasteiger partial charge in [0.05, 0.1) is 11.9 Å². The fraction of sp³-hybridized carbons (Fsp3) is 0.368. The van der Waals surface area contributed by atoms with Crippen LogP contribution < -0.4 is 4.74 Å². The van der Waals surface area contributed by atoms with Crippen LogP contribution in [-0.4, -0.2) is 26.9 Å². The van der Waals surface area contributed by atoms with Crippen LogP contribution in [0.4, 0.5) is 13.2 Å². The molecule has 4 rings (SSSR count). The quantitative estimate of drug-likeness (QED) is 0.666. The summed E-state index contributed by atoms with van der Waals surface area (Å²) in [5.74, 6) is -0.369. The number of ketones is 1. The van der Waals surface area contributed by atoms with Gasteiger partial charge in [0.1, 0.15) is 5.75 Å². The Balaban J connectivity index is 1.57. The van der Waals surface area contributed by atoms with Crippen molar-refractivity contribution in [2.24, 2.45) is 7.05 Å². The van der Waals surface area contributed by atoms with Crippen molar-refractivity contribution in [3.63, 3.8) is 0 Å². The number of rotatable bonds is 5. The van der Waals surface area contributed by atoms with E-state index in [-0.39, 0.29) is 16.9 Å². The number of H-pyrrole nitrogens is 1. The van der Waals surface area contributed by atoms with Crippen molar-refractivity contribution >= 4 is 16.7 Å². The van der Waals surface area contributed by atoms with E-state index >= 15 is 0 Å². The smallest absolute Gasteiger partial charge is 0.406 e. The summed E-state index contributed by atoms with van der Waals surface area (Å²) in [7, 11) is 1.84. The molecule has 1 N–H and O–H groups in total. The number of aryl methyl sites for hydroxylation is 1. The number of ether oxygens (including phenoxy) is 1. The van der Waals surface area contributed by atoms with Crippen LogP contribution in [-0.2, 0) is 12.5 Å². The fourth-order valence-corrected chi connectivity index (χ4v) is 3.73. The number of nitrogens with zero attached hydrogens (tertiary/aromatic N) is 2. The molecule has 1 aliphatic rings. The van der Waals surface area contributed by atoms with Gasteiger partial charge in [-0.2, -0.15) is 5.10 Å². The molecule has 0 aliphatic heterocycles. The minimum Gasteiger partial charge on any atom is -0.406 e. The lowest BCUT2D eigenvalue weighted by Crippen LogP contribution is -2.36. The minimum absolute atomic E-state index is 0.0620. The maximum atomic E-state index is 12.8. The molecule has 5 nitrogen and oxygen atoms in total. The second-order valence-corrected chi connectivity index (χ2v) is 7.12. The largest absolute Gasteiger partial charge is 0.573 e. The number of nitrogens with one attached hydrogen (secondary N) is 1. The van der Waals surface area contributed by atoms with E-state index in [0.717, 1.165) is 24.8 Å². The Morgan fingerprint density at radius 3 is 2.70 bits per heavy atom. The first-order chi connectivity index (χ1) is 12.7. The first-order valence-electron chi connectivity index (χ1n) is 8.65. The summed E-state index contributed by atoms with van der Waals surface area (Å²) in [4.78, 5) is 15.9. The van der Waals surface area contributed by atoms with Gasteiger partial charge < -0.3 is 9.72 Å². The van der Waals surface area contributed by atoms with Gasteiger partial charge in [0, 0.05) is 36.0 Å². The zero-order chi connectivity index (χ0) is 19.2. The van der Waals surface area contributed by atoms with Gasteiger partial charge >= 0.3 is 6.36 Å². The molecule has 1 fully saturated rings. The summed E-state index contributed by atoms with van der Waals surface area (Å²) in [6.45, 7) is 0. The molecule has 0 spiro atoms. The maximum Gasteiger partial charge on any atom is 0.573 e. The number of hydrogen-bond donors (Lipinski definition) is 1. The number of alkyl halides is 3. The first kappa shape index (κ1) is 17.6. The summed E-state index contributed by atoms with van der Waals surface area (Å²) >= 11 is 0. The molecule has 0 unspecified atom stereocenters. The van der Waals surface area contributed by atoms with E-state index in [0.29, 0.717) is 23.0 Å². The molecule has 1 saturated carbocycles. The zero-order valence-corrected chi connectivity index (χ0v) is 14.6. The predicted molar refractivity (Wildman–Crippen MR) is 92.7 cm³/mol. The molecule has 1 aromatic carbocycles. The van der Waals surface area contributed by atoms with Crippen molar-refractivity contribution in [2.45, 2.75) is 37.5 Å². The maximum absolute atomic E-state index is 12.8. The topological polar surface area (TPSA) is 59.9 Å². The third kappa shape index (κ3) is 3.43. The fourth-order valence-electron chi connectivity index (χ4n) is 3.73. The van der Waals surface area contributed by atoms with E-state index in [2.05, 4.69) is 14.8 Å². The van der Waals surface area contributed by atoms with Crippen molar-refractivity contribution in [3.05, 3.63) is 47.9 Å². The molecule has 2 aromatic heterocycles. The summed E-state index contributed by atoms with van der Waals surface area (Å²) in [6.07, 6.45) is 2.26. The highest BCUT2D eigenvalue weighted by Crippen LogP contribution is 2.47. The summed E-state index contributed by atoms with van der Waals surface area (Å²) in [5.41, 5.74) is 1.84. The SMILES string of the molecule is Cn1cc(C2(CC(=O)c3cc4cc(OC(F)(F)F)ccc4[nH]3)CCC2)cn1.